The van der Waals surface area contributed by atoms with Crippen LogP contribution in [0.4, 0.5) is 0 Å². The second-order valence-electron chi connectivity index (χ2n) is 10.8. The minimum atomic E-state index is 0.560. The molecule has 0 fully saturated rings. The molecule has 0 bridgehead atoms. The molecule has 0 atom stereocenters. The Hall–Kier alpha value is -6.14. The molecule has 0 saturated heterocycles. The van der Waals surface area contributed by atoms with E-state index in [9.17, 15) is 0 Å². The highest BCUT2D eigenvalue weighted by Gasteiger charge is 2.22. The van der Waals surface area contributed by atoms with Crippen LogP contribution >= 0.6 is 0 Å². The van der Waals surface area contributed by atoms with Gasteiger partial charge in [0.2, 0.25) is 0 Å². The smallest absolute Gasteiger partial charge is 0.180 e. The van der Waals surface area contributed by atoms with Gasteiger partial charge in [-0.25, -0.2) is 9.97 Å². The Morgan fingerprint density at radius 3 is 1.82 bits per heavy atom. The van der Waals surface area contributed by atoms with Gasteiger partial charge < -0.3 is 4.57 Å². The number of pyridine rings is 2. The highest BCUT2D eigenvalue weighted by atomic mass is 15.1. The van der Waals surface area contributed by atoms with E-state index in [1.54, 1.807) is 12.4 Å². The van der Waals surface area contributed by atoms with Crippen molar-refractivity contribution >= 4 is 43.7 Å². The molecule has 9 aromatic rings. The standard InChI is InChI=1S/C38H24N6/c1-2-12-25(13-3-1)43-32-18-6-4-14-27(32)29-24-26(20-21-34(29)43)44-33-19-7-5-15-28(33)35-36(30-16-8-10-22-39-30)41-37(42-38(35)44)31-17-9-11-23-40-31/h1-24H. The highest BCUT2D eigenvalue weighted by Crippen LogP contribution is 2.39. The zero-order valence-corrected chi connectivity index (χ0v) is 23.5. The summed E-state index contributed by atoms with van der Waals surface area (Å²) in [5.74, 6) is 0.560. The normalized spacial score (nSPS) is 11.6. The number of nitrogens with zero attached hydrogens (tertiary/aromatic N) is 6. The fourth-order valence-electron chi connectivity index (χ4n) is 6.37. The van der Waals surface area contributed by atoms with Crippen molar-refractivity contribution in [3.63, 3.8) is 0 Å². The fourth-order valence-corrected chi connectivity index (χ4v) is 6.37. The highest BCUT2D eigenvalue weighted by molar-refractivity contribution is 6.14. The second kappa shape index (κ2) is 9.71. The van der Waals surface area contributed by atoms with Crippen LogP contribution in [-0.4, -0.2) is 29.1 Å². The third-order valence-electron chi connectivity index (χ3n) is 8.25. The van der Waals surface area contributed by atoms with Crippen molar-refractivity contribution in [2.75, 3.05) is 0 Å². The Balaban J connectivity index is 1.39. The summed E-state index contributed by atoms with van der Waals surface area (Å²) < 4.78 is 4.58. The lowest BCUT2D eigenvalue weighted by molar-refractivity contribution is 1.10. The van der Waals surface area contributed by atoms with Gasteiger partial charge in [0.15, 0.2) is 5.82 Å². The number of aromatic nitrogens is 6. The molecule has 0 N–H and O–H groups in total. The molecule has 9 rings (SSSR count). The third kappa shape index (κ3) is 3.68. The van der Waals surface area contributed by atoms with Gasteiger partial charge in [-0.1, -0.05) is 66.7 Å². The van der Waals surface area contributed by atoms with Crippen LogP contribution in [0, 0.1) is 0 Å². The largest absolute Gasteiger partial charge is 0.309 e. The van der Waals surface area contributed by atoms with Gasteiger partial charge in [-0.15, -0.1) is 0 Å². The zero-order valence-electron chi connectivity index (χ0n) is 23.5. The molecule has 5 heterocycles. The minimum absolute atomic E-state index is 0.560. The lowest BCUT2D eigenvalue weighted by Gasteiger charge is -2.11. The first-order valence-electron chi connectivity index (χ1n) is 14.6. The van der Waals surface area contributed by atoms with E-state index in [2.05, 4.69) is 111 Å². The summed E-state index contributed by atoms with van der Waals surface area (Å²) in [6.45, 7) is 0. The van der Waals surface area contributed by atoms with Crippen molar-refractivity contribution in [2.24, 2.45) is 0 Å². The molecule has 0 aliphatic rings. The summed E-state index contributed by atoms with van der Waals surface area (Å²) in [6.07, 6.45) is 3.58. The van der Waals surface area contributed by atoms with Crippen LogP contribution < -0.4 is 0 Å². The molecule has 5 aromatic heterocycles. The molecule has 4 aromatic carbocycles. The number of hydrogen-bond donors (Lipinski definition) is 0. The second-order valence-corrected chi connectivity index (χ2v) is 10.8. The molecule has 0 spiro atoms. The number of rotatable bonds is 4. The summed E-state index contributed by atoms with van der Waals surface area (Å²) in [5.41, 5.74) is 8.64. The molecule has 6 heteroatoms. The van der Waals surface area contributed by atoms with E-state index in [4.69, 9.17) is 15.0 Å². The van der Waals surface area contributed by atoms with Crippen LogP contribution in [0.5, 0.6) is 0 Å². The maximum Gasteiger partial charge on any atom is 0.180 e. The van der Waals surface area contributed by atoms with E-state index in [-0.39, 0.29) is 0 Å². The van der Waals surface area contributed by atoms with Crippen LogP contribution in [0.15, 0.2) is 146 Å². The molecule has 44 heavy (non-hydrogen) atoms. The number of para-hydroxylation sites is 3. The van der Waals surface area contributed by atoms with Crippen molar-refractivity contribution in [1.82, 2.24) is 29.1 Å². The van der Waals surface area contributed by atoms with Gasteiger partial charge in [-0.3, -0.25) is 14.5 Å². The predicted octanol–water partition coefficient (Wildman–Crippen LogP) is 8.79. The molecule has 0 aliphatic heterocycles. The van der Waals surface area contributed by atoms with E-state index in [0.717, 1.165) is 50.2 Å². The van der Waals surface area contributed by atoms with Crippen molar-refractivity contribution in [1.29, 1.82) is 0 Å². The van der Waals surface area contributed by atoms with Gasteiger partial charge in [0.25, 0.3) is 0 Å². The van der Waals surface area contributed by atoms with Gasteiger partial charge >= 0.3 is 0 Å². The molecular weight excluding hydrogens is 540 g/mol. The van der Waals surface area contributed by atoms with E-state index in [0.29, 0.717) is 11.5 Å². The average Bonchev–Trinajstić information content (AvgIpc) is 3.61. The summed E-state index contributed by atoms with van der Waals surface area (Å²) in [7, 11) is 0. The van der Waals surface area contributed by atoms with Crippen molar-refractivity contribution in [3.05, 3.63) is 146 Å². The molecule has 0 radical (unpaired) electrons. The van der Waals surface area contributed by atoms with Gasteiger partial charge in [0.1, 0.15) is 17.0 Å². The molecule has 0 saturated carbocycles. The first-order valence-corrected chi connectivity index (χ1v) is 14.6. The fraction of sp³-hybridized carbons (Fsp3) is 0. The van der Waals surface area contributed by atoms with Crippen molar-refractivity contribution in [3.8, 4) is 34.3 Å². The number of fused-ring (bicyclic) bond motifs is 6. The maximum absolute atomic E-state index is 5.20. The zero-order chi connectivity index (χ0) is 29.0. The molecule has 0 amide bonds. The molecule has 0 unspecified atom stereocenters. The van der Waals surface area contributed by atoms with Crippen LogP contribution in [-0.2, 0) is 0 Å². The number of hydrogen-bond acceptors (Lipinski definition) is 4. The van der Waals surface area contributed by atoms with Crippen LogP contribution in [0.3, 0.4) is 0 Å². The Labute approximate surface area is 252 Å². The van der Waals surface area contributed by atoms with E-state index in [1.807, 2.05) is 36.4 Å². The van der Waals surface area contributed by atoms with Gasteiger partial charge in [-0.05, 0) is 66.7 Å². The van der Waals surface area contributed by atoms with Crippen molar-refractivity contribution in [2.45, 2.75) is 0 Å². The lowest BCUT2D eigenvalue weighted by Crippen LogP contribution is -2.01. The molecule has 6 nitrogen and oxygen atoms in total. The van der Waals surface area contributed by atoms with E-state index < -0.39 is 0 Å². The average molecular weight is 565 g/mol. The monoisotopic (exact) mass is 564 g/mol. The van der Waals surface area contributed by atoms with Crippen LogP contribution in [0.1, 0.15) is 0 Å². The lowest BCUT2D eigenvalue weighted by atomic mass is 10.1. The minimum Gasteiger partial charge on any atom is -0.309 e. The summed E-state index contributed by atoms with van der Waals surface area (Å²) in [5, 5.41) is 4.41. The molecular formula is C38H24N6. The molecule has 0 aliphatic carbocycles. The maximum atomic E-state index is 5.20. The Kier molecular flexibility index (Phi) is 5.40. The summed E-state index contributed by atoms with van der Waals surface area (Å²) >= 11 is 0. The van der Waals surface area contributed by atoms with Crippen LogP contribution in [0.2, 0.25) is 0 Å². The van der Waals surface area contributed by atoms with Gasteiger partial charge in [-0.2, -0.15) is 0 Å². The first-order chi connectivity index (χ1) is 21.8. The van der Waals surface area contributed by atoms with Crippen molar-refractivity contribution < 1.29 is 0 Å². The van der Waals surface area contributed by atoms with E-state index >= 15 is 0 Å². The van der Waals surface area contributed by atoms with Crippen LogP contribution in [0.25, 0.3) is 78.0 Å². The Morgan fingerprint density at radius 1 is 0.432 bits per heavy atom. The topological polar surface area (TPSA) is 61.4 Å². The molecule has 206 valence electrons. The van der Waals surface area contributed by atoms with E-state index in [1.165, 1.54) is 16.3 Å². The Bertz CT molecular complexity index is 2480. The summed E-state index contributed by atoms with van der Waals surface area (Å²) in [6, 6.07) is 46.0. The Morgan fingerprint density at radius 2 is 1.07 bits per heavy atom. The quantitative estimate of drug-likeness (QED) is 0.214. The van der Waals surface area contributed by atoms with Gasteiger partial charge in [0, 0.05) is 39.9 Å². The summed E-state index contributed by atoms with van der Waals surface area (Å²) in [4.78, 5) is 19.6. The van der Waals surface area contributed by atoms with Gasteiger partial charge in [0.05, 0.1) is 27.6 Å². The predicted molar refractivity (Wildman–Crippen MR) is 177 cm³/mol. The number of benzene rings is 4. The third-order valence-corrected chi connectivity index (χ3v) is 8.25. The first kappa shape index (κ1) is 24.5. The SMILES string of the molecule is c1ccc(-n2c3ccccc3c3cc(-n4c5ccccc5c5c(-c6ccccn6)nc(-c6ccccn6)nc54)ccc32)cc1.